The third kappa shape index (κ3) is 2.67. The molecule has 0 bridgehead atoms. The molecule has 4 heterocycles. The van der Waals surface area contributed by atoms with Crippen molar-refractivity contribution in [3.63, 3.8) is 0 Å². The van der Waals surface area contributed by atoms with Crippen LogP contribution in [-0.2, 0) is 11.8 Å². The van der Waals surface area contributed by atoms with Crippen LogP contribution in [0.3, 0.4) is 0 Å². The second kappa shape index (κ2) is 6.03. The van der Waals surface area contributed by atoms with Crippen molar-refractivity contribution < 1.29 is 4.79 Å². The number of nitrogens with zero attached hydrogens (tertiary/aromatic N) is 5. The van der Waals surface area contributed by atoms with Crippen LogP contribution in [-0.4, -0.2) is 63.0 Å². The molecule has 2 aromatic heterocycles. The van der Waals surface area contributed by atoms with Crippen LogP contribution in [0, 0.1) is 5.92 Å². The summed E-state index contributed by atoms with van der Waals surface area (Å²) in [4.78, 5) is 26.0. The Morgan fingerprint density at radius 3 is 2.91 bits per heavy atom. The first-order valence-electron chi connectivity index (χ1n) is 8.13. The monoisotopic (exact) mass is 331 g/mol. The van der Waals surface area contributed by atoms with E-state index in [2.05, 4.69) is 9.88 Å². The van der Waals surface area contributed by atoms with E-state index in [-0.39, 0.29) is 5.92 Å². The predicted molar refractivity (Wildman–Crippen MR) is 92.7 cm³/mol. The molecule has 2 aromatic rings. The van der Waals surface area contributed by atoms with Crippen LogP contribution in [0.25, 0.3) is 11.2 Å². The number of carbonyl (C=O) groups excluding carboxylic acids is 1. The van der Waals surface area contributed by atoms with Gasteiger partial charge in [0.25, 0.3) is 0 Å². The number of pyridine rings is 1. The lowest BCUT2D eigenvalue weighted by Crippen LogP contribution is -2.42. The van der Waals surface area contributed by atoms with Gasteiger partial charge in [-0.2, -0.15) is 11.8 Å². The second-order valence-electron chi connectivity index (χ2n) is 6.19. The van der Waals surface area contributed by atoms with Gasteiger partial charge in [-0.05, 0) is 18.6 Å². The minimum Gasteiger partial charge on any atom is -0.341 e. The lowest BCUT2D eigenvalue weighted by Gasteiger charge is -2.29. The highest BCUT2D eigenvalue weighted by Gasteiger charge is 2.33. The highest BCUT2D eigenvalue weighted by Crippen LogP contribution is 2.27. The molecule has 122 valence electrons. The number of amides is 1. The second-order valence-corrected chi connectivity index (χ2v) is 7.41. The molecule has 0 spiro atoms. The van der Waals surface area contributed by atoms with Crippen LogP contribution in [0.5, 0.6) is 0 Å². The smallest absolute Gasteiger partial charge is 0.227 e. The molecule has 1 amide bonds. The predicted octanol–water partition coefficient (Wildman–Crippen LogP) is 1.37. The number of anilines is 1. The van der Waals surface area contributed by atoms with Gasteiger partial charge in [-0.25, -0.2) is 9.97 Å². The number of hydrogen-bond donors (Lipinski definition) is 0. The quantitative estimate of drug-likeness (QED) is 0.832. The normalized spacial score (nSPS) is 22.0. The molecule has 1 unspecified atom stereocenters. The lowest BCUT2D eigenvalue weighted by molar-refractivity contribution is -0.134. The molecule has 2 aliphatic rings. The van der Waals surface area contributed by atoms with Gasteiger partial charge in [0.05, 0.1) is 5.92 Å². The summed E-state index contributed by atoms with van der Waals surface area (Å²) < 4.78 is 2.03. The number of imidazole rings is 1. The van der Waals surface area contributed by atoms with Crippen molar-refractivity contribution in [2.24, 2.45) is 13.0 Å². The van der Waals surface area contributed by atoms with Crippen molar-refractivity contribution in [2.75, 3.05) is 42.6 Å². The van der Waals surface area contributed by atoms with Gasteiger partial charge < -0.3 is 9.80 Å². The van der Waals surface area contributed by atoms with E-state index in [4.69, 9.17) is 4.98 Å². The molecule has 1 atom stereocenters. The molecule has 2 aliphatic heterocycles. The Bertz CT molecular complexity index is 724. The van der Waals surface area contributed by atoms with Crippen molar-refractivity contribution in [3.05, 3.63) is 18.3 Å². The Morgan fingerprint density at radius 2 is 2.13 bits per heavy atom. The zero-order chi connectivity index (χ0) is 15.8. The van der Waals surface area contributed by atoms with Crippen molar-refractivity contribution in [1.82, 2.24) is 19.4 Å². The average molecular weight is 331 g/mol. The highest BCUT2D eigenvalue weighted by molar-refractivity contribution is 7.99. The van der Waals surface area contributed by atoms with Gasteiger partial charge in [0.1, 0.15) is 5.52 Å². The fourth-order valence-corrected chi connectivity index (χ4v) is 4.38. The zero-order valence-electron chi connectivity index (χ0n) is 13.3. The van der Waals surface area contributed by atoms with E-state index in [1.165, 1.54) is 0 Å². The summed E-state index contributed by atoms with van der Waals surface area (Å²) in [5, 5.41) is 0. The Balaban J connectivity index is 1.51. The molecule has 0 N–H and O–H groups in total. The molecule has 0 aromatic carbocycles. The van der Waals surface area contributed by atoms with Gasteiger partial charge >= 0.3 is 0 Å². The number of fused-ring (bicyclic) bond motifs is 1. The Kier molecular flexibility index (Phi) is 3.88. The van der Waals surface area contributed by atoms with Gasteiger partial charge in [0.15, 0.2) is 5.65 Å². The van der Waals surface area contributed by atoms with Crippen molar-refractivity contribution in [3.8, 4) is 0 Å². The SMILES string of the molecule is Cn1c(N2CCC(C(=O)N3CCSCC3)C2)nc2cccnc21. The summed E-state index contributed by atoms with van der Waals surface area (Å²) in [6.45, 7) is 3.45. The molecule has 0 aliphatic carbocycles. The van der Waals surface area contributed by atoms with Crippen LogP contribution in [0.4, 0.5) is 5.95 Å². The number of thioether (sulfide) groups is 1. The van der Waals surface area contributed by atoms with Gasteiger partial charge in [0.2, 0.25) is 11.9 Å². The molecule has 23 heavy (non-hydrogen) atoms. The maximum absolute atomic E-state index is 12.7. The Hall–Kier alpha value is -1.76. The molecule has 2 saturated heterocycles. The van der Waals surface area contributed by atoms with E-state index >= 15 is 0 Å². The maximum atomic E-state index is 12.7. The Morgan fingerprint density at radius 1 is 1.30 bits per heavy atom. The first-order valence-corrected chi connectivity index (χ1v) is 9.28. The van der Waals surface area contributed by atoms with Crippen LogP contribution >= 0.6 is 11.8 Å². The van der Waals surface area contributed by atoms with E-state index in [9.17, 15) is 4.79 Å². The number of carbonyl (C=O) groups is 1. The summed E-state index contributed by atoms with van der Waals surface area (Å²) in [6, 6.07) is 3.89. The number of aryl methyl sites for hydroxylation is 1. The van der Waals surface area contributed by atoms with Gasteiger partial charge in [-0.3, -0.25) is 9.36 Å². The zero-order valence-corrected chi connectivity index (χ0v) is 14.1. The third-order valence-corrected chi connectivity index (χ3v) is 5.69. The van der Waals surface area contributed by atoms with Gasteiger partial charge in [-0.1, -0.05) is 0 Å². The molecule has 4 rings (SSSR count). The number of hydrogen-bond acceptors (Lipinski definition) is 5. The molecule has 7 heteroatoms. The van der Waals surface area contributed by atoms with E-state index in [0.717, 1.165) is 61.2 Å². The Labute approximate surface area is 139 Å². The topological polar surface area (TPSA) is 54.3 Å². The van der Waals surface area contributed by atoms with Crippen LogP contribution in [0.15, 0.2) is 18.3 Å². The van der Waals surface area contributed by atoms with Crippen LogP contribution < -0.4 is 4.90 Å². The molecule has 0 radical (unpaired) electrons. The van der Waals surface area contributed by atoms with Crippen LogP contribution in [0.1, 0.15) is 6.42 Å². The third-order valence-electron chi connectivity index (χ3n) is 4.75. The minimum absolute atomic E-state index is 0.103. The first-order chi connectivity index (χ1) is 11.2. The standard InChI is InChI=1S/C16H21N5OS/c1-19-14-13(3-2-5-17-14)18-16(19)21-6-4-12(11-21)15(22)20-7-9-23-10-8-20/h2-3,5,12H,4,6-11H2,1H3. The summed E-state index contributed by atoms with van der Waals surface area (Å²) in [5.41, 5.74) is 1.80. The van der Waals surface area contributed by atoms with Gasteiger partial charge in [0, 0.05) is 50.9 Å². The fourth-order valence-electron chi connectivity index (χ4n) is 3.48. The summed E-state index contributed by atoms with van der Waals surface area (Å²) >= 11 is 1.94. The van der Waals surface area contributed by atoms with Gasteiger partial charge in [-0.15, -0.1) is 0 Å². The fraction of sp³-hybridized carbons (Fsp3) is 0.562. The summed E-state index contributed by atoms with van der Waals surface area (Å²) in [6.07, 6.45) is 2.71. The minimum atomic E-state index is 0.103. The van der Waals surface area contributed by atoms with Crippen molar-refractivity contribution in [2.45, 2.75) is 6.42 Å². The number of aromatic nitrogens is 3. The van der Waals surface area contributed by atoms with Crippen molar-refractivity contribution >= 4 is 34.8 Å². The maximum Gasteiger partial charge on any atom is 0.227 e. The first kappa shape index (κ1) is 14.8. The van der Waals surface area contributed by atoms with E-state index < -0.39 is 0 Å². The highest BCUT2D eigenvalue weighted by atomic mass is 32.2. The molecular formula is C16H21N5OS. The number of rotatable bonds is 2. The van der Waals surface area contributed by atoms with E-state index in [1.54, 1.807) is 6.20 Å². The van der Waals surface area contributed by atoms with Crippen molar-refractivity contribution in [1.29, 1.82) is 0 Å². The summed E-state index contributed by atoms with van der Waals surface area (Å²) in [5.74, 6) is 3.48. The lowest BCUT2D eigenvalue weighted by atomic mass is 10.1. The largest absolute Gasteiger partial charge is 0.341 e. The van der Waals surface area contributed by atoms with E-state index in [0.29, 0.717) is 5.91 Å². The molecule has 0 saturated carbocycles. The average Bonchev–Trinajstić information content (AvgIpc) is 3.20. The molecular weight excluding hydrogens is 310 g/mol. The summed E-state index contributed by atoms with van der Waals surface area (Å²) in [7, 11) is 1.99. The van der Waals surface area contributed by atoms with E-state index in [1.807, 2.05) is 40.4 Å². The van der Waals surface area contributed by atoms with Crippen LogP contribution in [0.2, 0.25) is 0 Å². The molecule has 2 fully saturated rings. The molecule has 6 nitrogen and oxygen atoms in total.